The molecule has 0 aliphatic heterocycles. The fourth-order valence-corrected chi connectivity index (χ4v) is 2.25. The fourth-order valence-electron chi connectivity index (χ4n) is 1.43. The monoisotopic (exact) mass is 246 g/mol. The normalized spacial score (nSPS) is 10.5. The van der Waals surface area contributed by atoms with Gasteiger partial charge in [0.2, 0.25) is 0 Å². The minimum absolute atomic E-state index is 0.0559. The Morgan fingerprint density at radius 1 is 1.29 bits per heavy atom. The van der Waals surface area contributed by atoms with Crippen LogP contribution in [0.4, 0.5) is 0 Å². The number of carbonyl (C=O) groups excluding carboxylic acids is 1. The summed E-state index contributed by atoms with van der Waals surface area (Å²) >= 11 is 1.41. The maximum Gasteiger partial charge on any atom is 0.263 e. The van der Waals surface area contributed by atoms with Crippen LogP contribution in [-0.4, -0.2) is 16.9 Å². The highest BCUT2D eigenvalue weighted by atomic mass is 32.1. The average Bonchev–Trinajstić information content (AvgIpc) is 2.78. The summed E-state index contributed by atoms with van der Waals surface area (Å²) in [6.45, 7) is 3.88. The van der Waals surface area contributed by atoms with Gasteiger partial charge in [-0.3, -0.25) is 4.79 Å². The number of aromatic nitrogens is 1. The second-order valence-electron chi connectivity index (χ2n) is 4.02. The third kappa shape index (κ3) is 2.91. The SMILES string of the molecule is CC(C)NC(=O)c1cnc(-c2ccccc2)s1. The van der Waals surface area contributed by atoms with Crippen LogP contribution >= 0.6 is 11.3 Å². The number of benzene rings is 1. The number of hydrogen-bond acceptors (Lipinski definition) is 3. The van der Waals surface area contributed by atoms with E-state index in [4.69, 9.17) is 0 Å². The van der Waals surface area contributed by atoms with Gasteiger partial charge in [0, 0.05) is 11.6 Å². The first-order chi connectivity index (χ1) is 8.16. The van der Waals surface area contributed by atoms with E-state index >= 15 is 0 Å². The van der Waals surface area contributed by atoms with Crippen molar-refractivity contribution in [3.63, 3.8) is 0 Å². The van der Waals surface area contributed by atoms with Crippen molar-refractivity contribution in [2.24, 2.45) is 0 Å². The summed E-state index contributed by atoms with van der Waals surface area (Å²) in [5, 5.41) is 3.73. The highest BCUT2D eigenvalue weighted by Gasteiger charge is 2.11. The van der Waals surface area contributed by atoms with E-state index in [9.17, 15) is 4.79 Å². The van der Waals surface area contributed by atoms with E-state index in [1.165, 1.54) is 11.3 Å². The first kappa shape index (κ1) is 11.8. The van der Waals surface area contributed by atoms with Crippen molar-refractivity contribution in [3.05, 3.63) is 41.4 Å². The lowest BCUT2D eigenvalue weighted by molar-refractivity contribution is 0.0947. The molecule has 0 bridgehead atoms. The smallest absolute Gasteiger partial charge is 0.263 e. The molecule has 3 nitrogen and oxygen atoms in total. The summed E-state index contributed by atoms with van der Waals surface area (Å²) < 4.78 is 0. The number of nitrogens with one attached hydrogen (secondary N) is 1. The maximum absolute atomic E-state index is 11.8. The number of nitrogens with zero attached hydrogens (tertiary/aromatic N) is 1. The van der Waals surface area contributed by atoms with Gasteiger partial charge in [-0.25, -0.2) is 4.98 Å². The molecular formula is C13H14N2OS. The number of thiazole rings is 1. The van der Waals surface area contributed by atoms with Crippen molar-refractivity contribution in [3.8, 4) is 10.6 Å². The third-order valence-corrected chi connectivity index (χ3v) is 3.22. The molecule has 1 N–H and O–H groups in total. The lowest BCUT2D eigenvalue weighted by Gasteiger charge is -2.05. The molecule has 0 fully saturated rings. The highest BCUT2D eigenvalue weighted by molar-refractivity contribution is 7.16. The summed E-state index contributed by atoms with van der Waals surface area (Å²) in [4.78, 5) is 16.7. The van der Waals surface area contributed by atoms with E-state index in [1.54, 1.807) is 6.20 Å². The fraction of sp³-hybridized carbons (Fsp3) is 0.231. The Morgan fingerprint density at radius 2 is 2.00 bits per heavy atom. The molecule has 0 saturated carbocycles. The van der Waals surface area contributed by atoms with Crippen LogP contribution in [0.3, 0.4) is 0 Å². The zero-order valence-electron chi connectivity index (χ0n) is 9.81. The lowest BCUT2D eigenvalue weighted by atomic mass is 10.2. The van der Waals surface area contributed by atoms with Gasteiger partial charge in [0.25, 0.3) is 5.91 Å². The predicted molar refractivity (Wildman–Crippen MR) is 70.2 cm³/mol. The van der Waals surface area contributed by atoms with Crippen LogP contribution in [0, 0.1) is 0 Å². The Labute approximate surface area is 105 Å². The maximum atomic E-state index is 11.8. The average molecular weight is 246 g/mol. The molecule has 1 amide bonds. The molecule has 0 radical (unpaired) electrons. The summed E-state index contributed by atoms with van der Waals surface area (Å²) in [5.74, 6) is -0.0559. The molecule has 88 valence electrons. The Bertz CT molecular complexity index is 505. The molecule has 1 heterocycles. The van der Waals surface area contributed by atoms with Crippen LogP contribution in [0.1, 0.15) is 23.5 Å². The van der Waals surface area contributed by atoms with E-state index in [1.807, 2.05) is 44.2 Å². The molecule has 1 aromatic carbocycles. The molecular weight excluding hydrogens is 232 g/mol. The van der Waals surface area contributed by atoms with Gasteiger partial charge in [-0.1, -0.05) is 30.3 Å². The van der Waals surface area contributed by atoms with Gasteiger partial charge < -0.3 is 5.32 Å². The third-order valence-electron chi connectivity index (χ3n) is 2.17. The molecule has 0 saturated heterocycles. The molecule has 0 unspecified atom stereocenters. The van der Waals surface area contributed by atoms with Gasteiger partial charge in [0.1, 0.15) is 9.88 Å². The number of rotatable bonds is 3. The summed E-state index contributed by atoms with van der Waals surface area (Å²) in [5.41, 5.74) is 1.04. The largest absolute Gasteiger partial charge is 0.349 e. The van der Waals surface area contributed by atoms with E-state index in [0.29, 0.717) is 4.88 Å². The molecule has 2 rings (SSSR count). The number of amides is 1. The van der Waals surface area contributed by atoms with Crippen molar-refractivity contribution in [2.45, 2.75) is 19.9 Å². The minimum atomic E-state index is -0.0559. The van der Waals surface area contributed by atoms with Gasteiger partial charge >= 0.3 is 0 Å². The minimum Gasteiger partial charge on any atom is -0.349 e. The van der Waals surface area contributed by atoms with Crippen molar-refractivity contribution in [1.29, 1.82) is 0 Å². The van der Waals surface area contributed by atoms with Crippen LogP contribution in [0.25, 0.3) is 10.6 Å². The Hall–Kier alpha value is -1.68. The molecule has 2 aromatic rings. The van der Waals surface area contributed by atoms with Crippen LogP contribution in [0.5, 0.6) is 0 Å². The second kappa shape index (κ2) is 5.10. The Morgan fingerprint density at radius 3 is 2.65 bits per heavy atom. The van der Waals surface area contributed by atoms with Gasteiger partial charge in [-0.2, -0.15) is 0 Å². The first-order valence-corrected chi connectivity index (χ1v) is 6.30. The topological polar surface area (TPSA) is 42.0 Å². The van der Waals surface area contributed by atoms with Gasteiger partial charge in [-0.15, -0.1) is 11.3 Å². The van der Waals surface area contributed by atoms with Crippen LogP contribution in [-0.2, 0) is 0 Å². The van der Waals surface area contributed by atoms with Crippen LogP contribution in [0.2, 0.25) is 0 Å². The molecule has 17 heavy (non-hydrogen) atoms. The van der Waals surface area contributed by atoms with Gasteiger partial charge in [0.05, 0.1) is 6.20 Å². The van der Waals surface area contributed by atoms with E-state index in [2.05, 4.69) is 10.3 Å². The number of hydrogen-bond donors (Lipinski definition) is 1. The standard InChI is InChI=1S/C13H14N2OS/c1-9(2)15-12(16)11-8-14-13(17-11)10-6-4-3-5-7-10/h3-9H,1-2H3,(H,15,16). The van der Waals surface area contributed by atoms with Crippen molar-refractivity contribution in [1.82, 2.24) is 10.3 Å². The Kier molecular flexibility index (Phi) is 3.54. The van der Waals surface area contributed by atoms with Crippen LogP contribution < -0.4 is 5.32 Å². The van der Waals surface area contributed by atoms with E-state index in [-0.39, 0.29) is 11.9 Å². The second-order valence-corrected chi connectivity index (χ2v) is 5.05. The van der Waals surface area contributed by atoms with Crippen molar-refractivity contribution < 1.29 is 4.79 Å². The number of carbonyl (C=O) groups is 1. The predicted octanol–water partition coefficient (Wildman–Crippen LogP) is 2.95. The molecule has 1 aromatic heterocycles. The van der Waals surface area contributed by atoms with Crippen molar-refractivity contribution in [2.75, 3.05) is 0 Å². The van der Waals surface area contributed by atoms with Gasteiger partial charge in [-0.05, 0) is 13.8 Å². The first-order valence-electron chi connectivity index (χ1n) is 5.49. The Balaban J connectivity index is 2.19. The van der Waals surface area contributed by atoms with Gasteiger partial charge in [0.15, 0.2) is 0 Å². The quantitative estimate of drug-likeness (QED) is 0.904. The molecule has 0 spiro atoms. The summed E-state index contributed by atoms with van der Waals surface area (Å²) in [7, 11) is 0. The molecule has 0 aliphatic rings. The zero-order valence-corrected chi connectivity index (χ0v) is 10.6. The molecule has 4 heteroatoms. The molecule has 0 atom stereocenters. The lowest BCUT2D eigenvalue weighted by Crippen LogP contribution is -2.29. The highest BCUT2D eigenvalue weighted by Crippen LogP contribution is 2.24. The van der Waals surface area contributed by atoms with E-state index in [0.717, 1.165) is 10.6 Å². The van der Waals surface area contributed by atoms with Crippen LogP contribution in [0.15, 0.2) is 36.5 Å². The van der Waals surface area contributed by atoms with E-state index < -0.39 is 0 Å². The zero-order chi connectivity index (χ0) is 12.3. The summed E-state index contributed by atoms with van der Waals surface area (Å²) in [6, 6.07) is 10.0. The molecule has 0 aliphatic carbocycles. The van der Waals surface area contributed by atoms with Crippen molar-refractivity contribution >= 4 is 17.2 Å². The summed E-state index contributed by atoms with van der Waals surface area (Å²) in [6.07, 6.45) is 1.63.